The maximum atomic E-state index is 11.8. The molecule has 1 rings (SSSR count). The molecule has 1 atom stereocenters. The fourth-order valence-electron chi connectivity index (χ4n) is 2.26. The monoisotopic (exact) mass is 334 g/mol. The highest BCUT2D eigenvalue weighted by Gasteiger charge is 2.26. The first-order valence-electron chi connectivity index (χ1n) is 8.34. The number of hydrogen-bond acceptors (Lipinski definition) is 3. The molecule has 6 nitrogen and oxygen atoms in total. The van der Waals surface area contributed by atoms with Crippen LogP contribution in [0, 0.1) is 5.41 Å². The molecule has 0 saturated carbocycles. The van der Waals surface area contributed by atoms with E-state index in [1.165, 1.54) is 0 Å². The Kier molecular flexibility index (Phi) is 8.26. The van der Waals surface area contributed by atoms with Crippen LogP contribution in [0.1, 0.15) is 32.3 Å². The molecule has 0 aliphatic carbocycles. The first kappa shape index (κ1) is 20.0. The summed E-state index contributed by atoms with van der Waals surface area (Å²) in [5, 5.41) is 18.7. The maximum absolute atomic E-state index is 11.8. The number of aliphatic hydroxyl groups excluding tert-OH is 1. The van der Waals surface area contributed by atoms with E-state index in [9.17, 15) is 9.90 Å². The van der Waals surface area contributed by atoms with Crippen LogP contribution >= 0.6 is 0 Å². The molecule has 0 aliphatic rings. The zero-order valence-corrected chi connectivity index (χ0v) is 15.1. The van der Waals surface area contributed by atoms with Crippen LogP contribution in [0.25, 0.3) is 0 Å². The molecule has 1 aromatic carbocycles. The summed E-state index contributed by atoms with van der Waals surface area (Å²) in [5.41, 5.74) is 0.501. The molecular formula is C18H30N4O2. The second-order valence-electron chi connectivity index (χ2n) is 6.33. The van der Waals surface area contributed by atoms with Crippen molar-refractivity contribution in [1.29, 1.82) is 0 Å². The van der Waals surface area contributed by atoms with Gasteiger partial charge in [-0.25, -0.2) is 0 Å². The number of guanidine groups is 1. The number of benzene rings is 1. The predicted octanol–water partition coefficient (Wildman–Crippen LogP) is 1.09. The van der Waals surface area contributed by atoms with Crippen molar-refractivity contribution in [3.8, 4) is 0 Å². The second kappa shape index (κ2) is 9.93. The zero-order chi connectivity index (χ0) is 18.0. The molecule has 1 unspecified atom stereocenters. The van der Waals surface area contributed by atoms with E-state index >= 15 is 0 Å². The Balaban J connectivity index is 2.71. The van der Waals surface area contributed by atoms with Gasteiger partial charge in [0.05, 0.1) is 18.6 Å². The van der Waals surface area contributed by atoms with Gasteiger partial charge in [-0.05, 0) is 26.3 Å². The molecule has 0 bridgehead atoms. The third-order valence-electron chi connectivity index (χ3n) is 3.83. The topological polar surface area (TPSA) is 85.8 Å². The van der Waals surface area contributed by atoms with Crippen molar-refractivity contribution >= 4 is 11.9 Å². The van der Waals surface area contributed by atoms with Crippen molar-refractivity contribution in [2.45, 2.75) is 26.7 Å². The molecule has 0 spiro atoms. The van der Waals surface area contributed by atoms with Gasteiger partial charge in [0, 0.05) is 26.1 Å². The smallest absolute Gasteiger partial charge is 0.227 e. The molecule has 0 aliphatic heterocycles. The van der Waals surface area contributed by atoms with Gasteiger partial charge in [-0.1, -0.05) is 30.3 Å². The Morgan fingerprint density at radius 1 is 1.25 bits per heavy atom. The number of nitrogens with one attached hydrogen (secondary N) is 3. The lowest BCUT2D eigenvalue weighted by Gasteiger charge is -2.22. The number of rotatable bonds is 8. The first-order chi connectivity index (χ1) is 11.4. The van der Waals surface area contributed by atoms with Crippen molar-refractivity contribution in [1.82, 2.24) is 16.0 Å². The number of aliphatic hydroxyl groups is 1. The van der Waals surface area contributed by atoms with Crippen LogP contribution in [0.3, 0.4) is 0 Å². The van der Waals surface area contributed by atoms with Crippen molar-refractivity contribution in [3.63, 3.8) is 0 Å². The maximum Gasteiger partial charge on any atom is 0.227 e. The largest absolute Gasteiger partial charge is 0.396 e. The summed E-state index contributed by atoms with van der Waals surface area (Å²) in [7, 11) is 1.63. The highest BCUT2D eigenvalue weighted by Crippen LogP contribution is 2.16. The number of nitrogens with zero attached hydrogens (tertiary/aromatic N) is 1. The standard InChI is InChI=1S/C18H30N4O2/c1-5-20-17(22-13-18(2,3)16(24)19-4)21-11-15(12-23)14-9-7-6-8-10-14/h6-10,15,23H,5,11-13H2,1-4H3,(H,19,24)(H2,20,21,22). The summed E-state index contributed by atoms with van der Waals surface area (Å²) in [5.74, 6) is 0.588. The van der Waals surface area contributed by atoms with Crippen molar-refractivity contribution in [2.75, 3.05) is 33.3 Å². The predicted molar refractivity (Wildman–Crippen MR) is 98.1 cm³/mol. The molecule has 134 valence electrons. The quantitative estimate of drug-likeness (QED) is 0.423. The van der Waals surface area contributed by atoms with E-state index in [0.717, 1.165) is 12.1 Å². The molecular weight excluding hydrogens is 304 g/mol. The molecule has 0 heterocycles. The summed E-state index contributed by atoms with van der Waals surface area (Å²) in [6.45, 7) is 7.42. The zero-order valence-electron chi connectivity index (χ0n) is 15.1. The number of carbonyl (C=O) groups excluding carboxylic acids is 1. The lowest BCUT2D eigenvalue weighted by atomic mass is 9.93. The van der Waals surface area contributed by atoms with E-state index in [-0.39, 0.29) is 18.4 Å². The van der Waals surface area contributed by atoms with Gasteiger partial charge < -0.3 is 21.1 Å². The average molecular weight is 334 g/mol. The van der Waals surface area contributed by atoms with Gasteiger partial charge in [-0.3, -0.25) is 9.79 Å². The first-order valence-corrected chi connectivity index (χ1v) is 8.34. The number of aliphatic imine (C=N–C) groups is 1. The Bertz CT molecular complexity index is 529. The van der Waals surface area contributed by atoms with Gasteiger partial charge in [0.1, 0.15) is 0 Å². The van der Waals surface area contributed by atoms with Crippen LogP contribution in [-0.2, 0) is 4.79 Å². The SMILES string of the molecule is CCNC(=NCC(C)(C)C(=O)NC)NCC(CO)c1ccccc1. The number of amides is 1. The summed E-state index contributed by atoms with van der Waals surface area (Å²) in [6, 6.07) is 9.88. The fourth-order valence-corrected chi connectivity index (χ4v) is 2.26. The number of carbonyl (C=O) groups is 1. The summed E-state index contributed by atoms with van der Waals surface area (Å²) < 4.78 is 0. The van der Waals surface area contributed by atoms with Gasteiger partial charge in [0.2, 0.25) is 5.91 Å². The molecule has 24 heavy (non-hydrogen) atoms. The molecule has 0 fully saturated rings. The van der Waals surface area contributed by atoms with Crippen molar-refractivity contribution < 1.29 is 9.90 Å². The van der Waals surface area contributed by atoms with Gasteiger partial charge >= 0.3 is 0 Å². The average Bonchev–Trinajstić information content (AvgIpc) is 2.60. The van der Waals surface area contributed by atoms with Gasteiger partial charge in [0.15, 0.2) is 5.96 Å². The minimum Gasteiger partial charge on any atom is -0.396 e. The third kappa shape index (κ3) is 6.20. The van der Waals surface area contributed by atoms with E-state index < -0.39 is 5.41 Å². The van der Waals surface area contributed by atoms with Gasteiger partial charge in [-0.15, -0.1) is 0 Å². The van der Waals surface area contributed by atoms with E-state index in [1.54, 1.807) is 7.05 Å². The van der Waals surface area contributed by atoms with Crippen LogP contribution in [0.15, 0.2) is 35.3 Å². The fraction of sp³-hybridized carbons (Fsp3) is 0.556. The molecule has 6 heteroatoms. The Hall–Kier alpha value is -2.08. The van der Waals surface area contributed by atoms with Crippen LogP contribution in [0.4, 0.5) is 0 Å². The van der Waals surface area contributed by atoms with E-state index in [1.807, 2.05) is 51.1 Å². The highest BCUT2D eigenvalue weighted by atomic mass is 16.3. The Labute approximate surface area is 144 Å². The minimum absolute atomic E-state index is 0.0120. The van der Waals surface area contributed by atoms with E-state index in [2.05, 4.69) is 20.9 Å². The van der Waals surface area contributed by atoms with Crippen LogP contribution < -0.4 is 16.0 Å². The second-order valence-corrected chi connectivity index (χ2v) is 6.33. The Morgan fingerprint density at radius 3 is 2.46 bits per heavy atom. The lowest BCUT2D eigenvalue weighted by molar-refractivity contribution is -0.128. The molecule has 1 aromatic rings. The lowest BCUT2D eigenvalue weighted by Crippen LogP contribution is -2.42. The van der Waals surface area contributed by atoms with Crippen molar-refractivity contribution in [3.05, 3.63) is 35.9 Å². The molecule has 0 radical (unpaired) electrons. The van der Waals surface area contributed by atoms with Gasteiger partial charge in [0.25, 0.3) is 0 Å². The van der Waals surface area contributed by atoms with Crippen LogP contribution in [0.2, 0.25) is 0 Å². The van der Waals surface area contributed by atoms with Crippen molar-refractivity contribution in [2.24, 2.45) is 10.4 Å². The summed E-state index contributed by atoms with van der Waals surface area (Å²) in [6.07, 6.45) is 0. The molecule has 1 amide bonds. The highest BCUT2D eigenvalue weighted by molar-refractivity contribution is 5.83. The summed E-state index contributed by atoms with van der Waals surface area (Å²) in [4.78, 5) is 16.4. The Morgan fingerprint density at radius 2 is 1.92 bits per heavy atom. The molecule has 0 saturated heterocycles. The van der Waals surface area contributed by atoms with Gasteiger partial charge in [-0.2, -0.15) is 0 Å². The van der Waals surface area contributed by atoms with E-state index in [0.29, 0.717) is 19.0 Å². The van der Waals surface area contributed by atoms with Crippen LogP contribution in [-0.4, -0.2) is 50.3 Å². The minimum atomic E-state index is -0.576. The molecule has 0 aromatic heterocycles. The normalized spacial score (nSPS) is 13.3. The number of hydrogen-bond donors (Lipinski definition) is 4. The van der Waals surface area contributed by atoms with E-state index in [4.69, 9.17) is 0 Å². The third-order valence-corrected chi connectivity index (χ3v) is 3.83. The van der Waals surface area contributed by atoms with Crippen LogP contribution in [0.5, 0.6) is 0 Å². The molecule has 4 N–H and O–H groups in total. The summed E-state index contributed by atoms with van der Waals surface area (Å²) >= 11 is 0.